The lowest BCUT2D eigenvalue weighted by Gasteiger charge is -2.38. The molecule has 0 unspecified atom stereocenters. The number of alkyl carbamates (subject to hydrolysis) is 1. The molecule has 1 fully saturated rings. The summed E-state index contributed by atoms with van der Waals surface area (Å²) in [5.41, 5.74) is -0.369. The molecule has 0 radical (unpaired) electrons. The van der Waals surface area contributed by atoms with E-state index in [0.29, 0.717) is 19.4 Å². The third kappa shape index (κ3) is 8.63. The molecule has 1 aliphatic heterocycles. The van der Waals surface area contributed by atoms with E-state index in [-0.39, 0.29) is 18.9 Å². The lowest BCUT2D eigenvalue weighted by Crippen LogP contribution is -2.65. The average molecular weight is 510 g/mol. The molecule has 2 aromatic rings. The smallest absolute Gasteiger partial charge is 0.408 e. The lowest BCUT2D eigenvalue weighted by atomic mass is 9.82. The predicted octanol–water partition coefficient (Wildman–Crippen LogP) is 3.02. The molecule has 3 N–H and O–H groups in total. The summed E-state index contributed by atoms with van der Waals surface area (Å²) in [4.78, 5) is 51.7. The van der Waals surface area contributed by atoms with Gasteiger partial charge in [-0.2, -0.15) is 0 Å². The van der Waals surface area contributed by atoms with Crippen LogP contribution in [0.4, 0.5) is 4.79 Å². The minimum absolute atomic E-state index is 0.0286. The number of esters is 1. The number of hydrogen-bond donors (Lipinski definition) is 3. The largest absolute Gasteiger partial charge is 0.461 e. The summed E-state index contributed by atoms with van der Waals surface area (Å²) in [6.45, 7) is 5.61. The van der Waals surface area contributed by atoms with E-state index in [1.807, 2.05) is 60.7 Å². The minimum Gasteiger partial charge on any atom is -0.461 e. The van der Waals surface area contributed by atoms with Gasteiger partial charge in [-0.25, -0.2) is 4.79 Å². The highest BCUT2D eigenvalue weighted by Gasteiger charge is 2.43. The molecule has 9 heteroatoms. The molecule has 198 valence electrons. The summed E-state index contributed by atoms with van der Waals surface area (Å²) >= 11 is 0. The topological polar surface area (TPSA) is 123 Å². The fourth-order valence-electron chi connectivity index (χ4n) is 4.10. The Labute approximate surface area is 217 Å². The summed E-state index contributed by atoms with van der Waals surface area (Å²) in [5.74, 6) is -1.65. The number of nitrogens with one attached hydrogen (secondary N) is 3. The minimum atomic E-state index is -1.31. The Morgan fingerprint density at radius 1 is 1.00 bits per heavy atom. The molecule has 0 saturated carbocycles. The van der Waals surface area contributed by atoms with Crippen LogP contribution in [0.1, 0.15) is 51.2 Å². The van der Waals surface area contributed by atoms with Crippen molar-refractivity contribution in [3.8, 4) is 0 Å². The Kier molecular flexibility index (Phi) is 9.27. The second-order valence-corrected chi connectivity index (χ2v) is 10.1. The van der Waals surface area contributed by atoms with Gasteiger partial charge in [-0.05, 0) is 44.7 Å². The number of benzene rings is 2. The van der Waals surface area contributed by atoms with Crippen LogP contribution in [-0.4, -0.2) is 47.6 Å². The fourth-order valence-corrected chi connectivity index (χ4v) is 4.10. The van der Waals surface area contributed by atoms with Gasteiger partial charge in [-0.1, -0.05) is 60.7 Å². The van der Waals surface area contributed by atoms with Crippen LogP contribution in [0.2, 0.25) is 0 Å². The van der Waals surface area contributed by atoms with Crippen molar-refractivity contribution in [1.82, 2.24) is 16.0 Å². The van der Waals surface area contributed by atoms with Crippen LogP contribution in [0.15, 0.2) is 60.7 Å². The maximum atomic E-state index is 13.5. The molecule has 0 bridgehead atoms. The third-order valence-electron chi connectivity index (χ3n) is 5.83. The number of carbonyl (C=O) groups is 4. The van der Waals surface area contributed by atoms with E-state index >= 15 is 0 Å². The van der Waals surface area contributed by atoms with Crippen LogP contribution in [0.5, 0.6) is 0 Å². The summed E-state index contributed by atoms with van der Waals surface area (Å²) in [5, 5.41) is 8.16. The second kappa shape index (κ2) is 12.4. The van der Waals surface area contributed by atoms with E-state index in [1.165, 1.54) is 0 Å². The Hall–Kier alpha value is -3.88. The number of hydrogen-bond acceptors (Lipinski definition) is 6. The number of ether oxygens (including phenoxy) is 2. The maximum Gasteiger partial charge on any atom is 0.408 e. The zero-order chi connectivity index (χ0) is 26.9. The molecule has 1 saturated heterocycles. The summed E-state index contributed by atoms with van der Waals surface area (Å²) in [6, 6.07) is 17.2. The highest BCUT2D eigenvalue weighted by Crippen LogP contribution is 2.23. The molecule has 0 aromatic heterocycles. The zero-order valence-electron chi connectivity index (χ0n) is 21.5. The van der Waals surface area contributed by atoms with Crippen LogP contribution in [0, 0.1) is 0 Å². The lowest BCUT2D eigenvalue weighted by molar-refractivity contribution is -0.147. The van der Waals surface area contributed by atoms with Crippen LogP contribution in [0.25, 0.3) is 0 Å². The van der Waals surface area contributed by atoms with Crippen LogP contribution < -0.4 is 16.0 Å². The molecule has 0 aliphatic carbocycles. The predicted molar refractivity (Wildman–Crippen MR) is 137 cm³/mol. The fraction of sp³-hybridized carbons (Fsp3) is 0.429. The van der Waals surface area contributed by atoms with Crippen molar-refractivity contribution < 1.29 is 28.7 Å². The van der Waals surface area contributed by atoms with E-state index in [0.717, 1.165) is 11.1 Å². The molecule has 37 heavy (non-hydrogen) atoms. The molecule has 2 atom stereocenters. The monoisotopic (exact) mass is 509 g/mol. The van der Waals surface area contributed by atoms with Crippen molar-refractivity contribution in [3.63, 3.8) is 0 Å². The molecular weight excluding hydrogens is 474 g/mol. The third-order valence-corrected chi connectivity index (χ3v) is 5.83. The van der Waals surface area contributed by atoms with Crippen molar-refractivity contribution in [1.29, 1.82) is 0 Å². The van der Waals surface area contributed by atoms with Crippen LogP contribution >= 0.6 is 0 Å². The molecule has 9 nitrogen and oxygen atoms in total. The summed E-state index contributed by atoms with van der Waals surface area (Å²) in [7, 11) is 0. The molecule has 3 amide bonds. The first-order chi connectivity index (χ1) is 17.6. The van der Waals surface area contributed by atoms with E-state index in [2.05, 4.69) is 16.0 Å². The standard InChI is InChI=1S/C28H35N3O6/c1-27(2,3)37-26(35)30-22(17-23(32)36-19-21-13-8-5-9-14-21)24(33)31-28(15-10-16-29-25(28)34)18-20-11-6-4-7-12-20/h4-9,11-14,22H,10,15-19H2,1-3H3,(H,29,34)(H,30,35)(H,31,33)/t22-,28-/m0/s1. The molecule has 3 rings (SSSR count). The van der Waals surface area contributed by atoms with Gasteiger partial charge in [-0.3, -0.25) is 14.4 Å². The van der Waals surface area contributed by atoms with Crippen molar-refractivity contribution in [2.75, 3.05) is 6.54 Å². The Bertz CT molecular complexity index is 1080. The van der Waals surface area contributed by atoms with Crippen LogP contribution in [0.3, 0.4) is 0 Å². The van der Waals surface area contributed by atoms with Crippen molar-refractivity contribution in [2.45, 2.75) is 70.2 Å². The Morgan fingerprint density at radius 3 is 2.22 bits per heavy atom. The SMILES string of the molecule is CC(C)(C)OC(=O)N[C@@H](CC(=O)OCc1ccccc1)C(=O)N[C@]1(Cc2ccccc2)CCCNC1=O. The van der Waals surface area contributed by atoms with Gasteiger partial charge in [0.1, 0.15) is 23.8 Å². The quantitative estimate of drug-likeness (QED) is 0.447. The maximum absolute atomic E-state index is 13.5. The summed E-state index contributed by atoms with van der Waals surface area (Å²) < 4.78 is 10.6. The van der Waals surface area contributed by atoms with Gasteiger partial charge >= 0.3 is 12.1 Å². The van der Waals surface area contributed by atoms with E-state index in [4.69, 9.17) is 9.47 Å². The molecule has 0 spiro atoms. The number of carbonyl (C=O) groups excluding carboxylic acids is 4. The van der Waals surface area contributed by atoms with Crippen molar-refractivity contribution in [3.05, 3.63) is 71.8 Å². The van der Waals surface area contributed by atoms with Gasteiger partial charge in [0.15, 0.2) is 0 Å². The second-order valence-electron chi connectivity index (χ2n) is 10.1. The Morgan fingerprint density at radius 2 is 1.62 bits per heavy atom. The zero-order valence-corrected chi connectivity index (χ0v) is 21.5. The van der Waals surface area contributed by atoms with Crippen molar-refractivity contribution >= 4 is 23.9 Å². The number of piperidine rings is 1. The van der Waals surface area contributed by atoms with E-state index in [9.17, 15) is 19.2 Å². The molecule has 1 heterocycles. The number of rotatable bonds is 9. The van der Waals surface area contributed by atoms with Gasteiger partial charge in [0, 0.05) is 13.0 Å². The van der Waals surface area contributed by atoms with E-state index in [1.54, 1.807) is 20.8 Å². The van der Waals surface area contributed by atoms with Gasteiger partial charge in [0.05, 0.1) is 6.42 Å². The van der Waals surface area contributed by atoms with Gasteiger partial charge in [0.2, 0.25) is 11.8 Å². The average Bonchev–Trinajstić information content (AvgIpc) is 2.84. The highest BCUT2D eigenvalue weighted by molar-refractivity contribution is 5.96. The first-order valence-corrected chi connectivity index (χ1v) is 12.4. The highest BCUT2D eigenvalue weighted by atomic mass is 16.6. The van der Waals surface area contributed by atoms with Gasteiger partial charge < -0.3 is 25.4 Å². The summed E-state index contributed by atoms with van der Waals surface area (Å²) in [6.07, 6.45) is 0.0668. The van der Waals surface area contributed by atoms with E-state index < -0.39 is 41.6 Å². The van der Waals surface area contributed by atoms with Crippen LogP contribution in [-0.2, 0) is 36.9 Å². The van der Waals surface area contributed by atoms with Gasteiger partial charge in [-0.15, -0.1) is 0 Å². The molecule has 1 aliphatic rings. The molecule has 2 aromatic carbocycles. The van der Waals surface area contributed by atoms with Crippen molar-refractivity contribution in [2.24, 2.45) is 0 Å². The normalized spacial score (nSPS) is 18.2. The Balaban J connectivity index is 1.77. The number of amides is 3. The first-order valence-electron chi connectivity index (χ1n) is 12.4. The van der Waals surface area contributed by atoms with Gasteiger partial charge in [0.25, 0.3) is 0 Å². The molecular formula is C28H35N3O6. The first kappa shape index (κ1) is 27.7.